The second-order valence-corrected chi connectivity index (χ2v) is 7.84. The van der Waals surface area contributed by atoms with Crippen LogP contribution in [-0.4, -0.2) is 55.9 Å². The molecule has 1 N–H and O–H groups in total. The third-order valence-electron chi connectivity index (χ3n) is 4.20. The predicted octanol–water partition coefficient (Wildman–Crippen LogP) is 0.163. The van der Waals surface area contributed by atoms with Crippen LogP contribution in [0.25, 0.3) is 0 Å². The lowest BCUT2D eigenvalue weighted by Gasteiger charge is -2.32. The fraction of sp³-hybridized carbons (Fsp3) is 0.917. The van der Waals surface area contributed by atoms with Gasteiger partial charge in [-0.3, -0.25) is 9.69 Å². The number of carbonyl (C=O) groups is 1. The van der Waals surface area contributed by atoms with E-state index in [9.17, 15) is 13.2 Å². The molecule has 1 amide bonds. The number of nitrogens with one attached hydrogen (secondary N) is 1. The zero-order chi connectivity index (χ0) is 13.3. The first kappa shape index (κ1) is 13.8. The topological polar surface area (TPSA) is 66.5 Å². The minimum atomic E-state index is -3.30. The summed E-state index contributed by atoms with van der Waals surface area (Å²) in [7, 11) is -3.30. The summed E-state index contributed by atoms with van der Waals surface area (Å²) in [6, 6.07) is 0.538. The molecule has 0 saturated carbocycles. The molecule has 104 valence electrons. The van der Waals surface area contributed by atoms with Crippen LogP contribution in [0.5, 0.6) is 0 Å². The summed E-state index contributed by atoms with van der Waals surface area (Å²) >= 11 is 0. The van der Waals surface area contributed by atoms with Gasteiger partial charge in [0.25, 0.3) is 0 Å². The number of rotatable bonds is 3. The fourth-order valence-electron chi connectivity index (χ4n) is 2.91. The van der Waals surface area contributed by atoms with Gasteiger partial charge in [-0.1, -0.05) is 6.42 Å². The smallest absolute Gasteiger partial charge is 0.238 e. The molecule has 2 heterocycles. The molecular formula is C12H22N2O3S. The van der Waals surface area contributed by atoms with Gasteiger partial charge in [0.05, 0.1) is 0 Å². The summed E-state index contributed by atoms with van der Waals surface area (Å²) in [4.78, 5) is 14.3. The Balaban J connectivity index is 1.96. The van der Waals surface area contributed by atoms with E-state index >= 15 is 0 Å². The van der Waals surface area contributed by atoms with E-state index in [1.165, 1.54) is 19.8 Å². The van der Waals surface area contributed by atoms with Crippen molar-refractivity contribution in [2.24, 2.45) is 0 Å². The molecule has 2 fully saturated rings. The van der Waals surface area contributed by atoms with Crippen molar-refractivity contribution in [2.75, 3.05) is 19.3 Å². The molecule has 0 bridgehead atoms. The van der Waals surface area contributed by atoms with Crippen molar-refractivity contribution in [3.63, 3.8) is 0 Å². The quantitative estimate of drug-likeness (QED) is 0.796. The average molecular weight is 274 g/mol. The normalized spacial score (nSPS) is 30.8. The van der Waals surface area contributed by atoms with Gasteiger partial charge in [-0.15, -0.1) is 0 Å². The molecule has 2 aliphatic heterocycles. The number of piperidine rings is 1. The fourth-order valence-corrected chi connectivity index (χ4v) is 3.37. The van der Waals surface area contributed by atoms with E-state index in [1.54, 1.807) is 0 Å². The number of sulfone groups is 1. The first-order chi connectivity index (χ1) is 8.39. The summed E-state index contributed by atoms with van der Waals surface area (Å²) in [6.45, 7) is 3.58. The Hall–Kier alpha value is -0.620. The van der Waals surface area contributed by atoms with E-state index < -0.39 is 15.1 Å². The number of amides is 1. The largest absolute Gasteiger partial charge is 0.351 e. The first-order valence-electron chi connectivity index (χ1n) is 6.63. The van der Waals surface area contributed by atoms with Gasteiger partial charge in [-0.05, 0) is 32.7 Å². The zero-order valence-corrected chi connectivity index (χ0v) is 11.9. The van der Waals surface area contributed by atoms with Crippen LogP contribution in [0.3, 0.4) is 0 Å². The first-order valence-corrected chi connectivity index (χ1v) is 8.58. The van der Waals surface area contributed by atoms with Crippen molar-refractivity contribution < 1.29 is 13.2 Å². The molecule has 3 atom stereocenters. The molecule has 6 heteroatoms. The maximum Gasteiger partial charge on any atom is 0.238 e. The van der Waals surface area contributed by atoms with Gasteiger partial charge in [0.15, 0.2) is 9.84 Å². The number of nitrogens with zero attached hydrogens (tertiary/aromatic N) is 1. The molecule has 0 aromatic carbocycles. The molecule has 0 spiro atoms. The summed E-state index contributed by atoms with van der Waals surface area (Å²) in [5, 5.41) is 1.98. The van der Waals surface area contributed by atoms with E-state index in [2.05, 4.69) is 10.2 Å². The van der Waals surface area contributed by atoms with Crippen LogP contribution in [0, 0.1) is 0 Å². The van der Waals surface area contributed by atoms with Crippen molar-refractivity contribution in [3.8, 4) is 0 Å². The maximum atomic E-state index is 11.9. The minimum Gasteiger partial charge on any atom is -0.351 e. The zero-order valence-electron chi connectivity index (χ0n) is 11.1. The number of fused-ring (bicyclic) bond motifs is 1. The van der Waals surface area contributed by atoms with E-state index in [0.29, 0.717) is 6.04 Å². The summed E-state index contributed by atoms with van der Waals surface area (Å²) in [5.41, 5.74) is 0. The molecule has 18 heavy (non-hydrogen) atoms. The standard InChI is InChI=1S/C12H22N2O3S/c1-9(18(2,16)17)12(15)13-10-6-8-14-7-4-3-5-11(10)14/h9-11H,3-8H2,1-2H3,(H,13,15)/t9-,10-,11-/m1/s1. The average Bonchev–Trinajstić information content (AvgIpc) is 2.70. The predicted molar refractivity (Wildman–Crippen MR) is 70.1 cm³/mol. The molecule has 0 unspecified atom stereocenters. The molecule has 2 saturated heterocycles. The summed E-state index contributed by atoms with van der Waals surface area (Å²) in [5.74, 6) is -0.352. The van der Waals surface area contributed by atoms with Crippen LogP contribution in [0.4, 0.5) is 0 Å². The van der Waals surface area contributed by atoms with Crippen LogP contribution in [-0.2, 0) is 14.6 Å². The van der Waals surface area contributed by atoms with E-state index in [-0.39, 0.29) is 11.9 Å². The third kappa shape index (κ3) is 2.85. The number of hydrogen-bond donors (Lipinski definition) is 1. The highest BCUT2D eigenvalue weighted by Crippen LogP contribution is 2.27. The van der Waals surface area contributed by atoms with Crippen LogP contribution < -0.4 is 5.32 Å². The molecule has 0 aromatic heterocycles. The Morgan fingerprint density at radius 2 is 2.00 bits per heavy atom. The van der Waals surface area contributed by atoms with Gasteiger partial charge < -0.3 is 5.32 Å². The van der Waals surface area contributed by atoms with E-state index in [1.807, 2.05) is 0 Å². The number of carbonyl (C=O) groups excluding carboxylic acids is 1. The highest BCUT2D eigenvalue weighted by Gasteiger charge is 2.37. The maximum absolute atomic E-state index is 11.9. The minimum absolute atomic E-state index is 0.127. The summed E-state index contributed by atoms with van der Waals surface area (Å²) < 4.78 is 22.7. The Labute approximate surface area is 109 Å². The highest BCUT2D eigenvalue weighted by molar-refractivity contribution is 7.92. The van der Waals surface area contributed by atoms with Crippen molar-refractivity contribution >= 4 is 15.7 Å². The Morgan fingerprint density at radius 3 is 2.67 bits per heavy atom. The van der Waals surface area contributed by atoms with Gasteiger partial charge in [0, 0.05) is 24.9 Å². The molecule has 5 nitrogen and oxygen atoms in total. The van der Waals surface area contributed by atoms with Crippen molar-refractivity contribution in [1.29, 1.82) is 0 Å². The Bertz CT molecular complexity index is 421. The highest BCUT2D eigenvalue weighted by atomic mass is 32.2. The Morgan fingerprint density at radius 1 is 1.28 bits per heavy atom. The lowest BCUT2D eigenvalue weighted by atomic mass is 9.99. The molecule has 2 rings (SSSR count). The molecule has 0 aromatic rings. The Kier molecular flexibility index (Phi) is 3.96. The molecular weight excluding hydrogens is 252 g/mol. The lowest BCUT2D eigenvalue weighted by Crippen LogP contribution is -2.50. The second kappa shape index (κ2) is 5.17. The van der Waals surface area contributed by atoms with Crippen molar-refractivity contribution in [2.45, 2.75) is 49.9 Å². The second-order valence-electron chi connectivity index (χ2n) is 5.47. The summed E-state index contributed by atoms with van der Waals surface area (Å²) in [6.07, 6.45) is 5.59. The SMILES string of the molecule is C[C@H](C(=O)N[C@@H]1CCN2CCCC[C@H]12)S(C)(=O)=O. The van der Waals surface area contributed by atoms with E-state index in [4.69, 9.17) is 0 Å². The van der Waals surface area contributed by atoms with Gasteiger partial charge in [0.2, 0.25) is 5.91 Å². The molecule has 0 aliphatic carbocycles. The van der Waals surface area contributed by atoms with Gasteiger partial charge >= 0.3 is 0 Å². The third-order valence-corrected chi connectivity index (χ3v) is 5.69. The van der Waals surface area contributed by atoms with Crippen molar-refractivity contribution in [3.05, 3.63) is 0 Å². The van der Waals surface area contributed by atoms with Crippen LogP contribution in [0.1, 0.15) is 32.6 Å². The van der Waals surface area contributed by atoms with Crippen LogP contribution >= 0.6 is 0 Å². The van der Waals surface area contributed by atoms with Gasteiger partial charge in [-0.25, -0.2) is 8.42 Å². The lowest BCUT2D eigenvalue weighted by molar-refractivity contribution is -0.121. The van der Waals surface area contributed by atoms with Crippen molar-refractivity contribution in [1.82, 2.24) is 10.2 Å². The van der Waals surface area contributed by atoms with E-state index in [0.717, 1.165) is 32.2 Å². The monoisotopic (exact) mass is 274 g/mol. The number of hydrogen-bond acceptors (Lipinski definition) is 4. The van der Waals surface area contributed by atoms with Crippen LogP contribution in [0.2, 0.25) is 0 Å². The van der Waals surface area contributed by atoms with Gasteiger partial charge in [-0.2, -0.15) is 0 Å². The van der Waals surface area contributed by atoms with Crippen LogP contribution in [0.15, 0.2) is 0 Å². The molecule has 0 radical (unpaired) electrons. The molecule has 2 aliphatic rings. The van der Waals surface area contributed by atoms with Gasteiger partial charge in [0.1, 0.15) is 5.25 Å².